The fraction of sp³-hybridized carbons (Fsp3) is 0.417. The number of nitrogens with one attached hydrogen (secondary N) is 1. The predicted molar refractivity (Wildman–Crippen MR) is 76.7 cm³/mol. The zero-order valence-corrected chi connectivity index (χ0v) is 11.8. The number of hydrogen-bond donors (Lipinski definition) is 1. The Morgan fingerprint density at radius 2 is 2.21 bits per heavy atom. The maximum absolute atomic E-state index is 12.0. The van der Waals surface area contributed by atoms with Gasteiger partial charge in [0, 0.05) is 13.1 Å². The minimum absolute atomic E-state index is 0.107. The molecule has 7 heteroatoms. The van der Waals surface area contributed by atoms with Crippen LogP contribution >= 0.6 is 22.9 Å². The number of fused-ring (bicyclic) bond motifs is 1. The summed E-state index contributed by atoms with van der Waals surface area (Å²) >= 11 is 7.38. The van der Waals surface area contributed by atoms with Gasteiger partial charge in [0.1, 0.15) is 10.6 Å². The first-order valence-corrected chi connectivity index (χ1v) is 7.42. The lowest BCUT2D eigenvalue weighted by molar-refractivity contribution is -0.128. The van der Waals surface area contributed by atoms with Crippen molar-refractivity contribution in [3.05, 3.63) is 16.7 Å². The highest BCUT2D eigenvalue weighted by Gasteiger charge is 2.18. The summed E-state index contributed by atoms with van der Waals surface area (Å²) in [7, 11) is 0. The van der Waals surface area contributed by atoms with Crippen LogP contribution in [0.4, 0.5) is 5.82 Å². The van der Waals surface area contributed by atoms with Gasteiger partial charge < -0.3 is 10.2 Å². The first kappa shape index (κ1) is 12.6. The second-order valence-electron chi connectivity index (χ2n) is 4.42. The van der Waals surface area contributed by atoms with Gasteiger partial charge in [-0.25, -0.2) is 9.97 Å². The number of halogens is 1. The Morgan fingerprint density at radius 3 is 3.00 bits per heavy atom. The average molecular weight is 297 g/mol. The van der Waals surface area contributed by atoms with Crippen LogP contribution in [-0.4, -0.2) is 40.4 Å². The normalized spacial score (nSPS) is 15.1. The van der Waals surface area contributed by atoms with Crippen LogP contribution in [0.15, 0.2) is 11.4 Å². The molecule has 3 rings (SSSR count). The Morgan fingerprint density at radius 1 is 1.42 bits per heavy atom. The van der Waals surface area contributed by atoms with Gasteiger partial charge in [-0.3, -0.25) is 4.79 Å². The largest absolute Gasteiger partial charge is 0.360 e. The Hall–Kier alpha value is -1.40. The van der Waals surface area contributed by atoms with E-state index in [1.54, 1.807) is 0 Å². The fourth-order valence-electron chi connectivity index (χ4n) is 2.20. The van der Waals surface area contributed by atoms with Gasteiger partial charge in [-0.1, -0.05) is 0 Å². The van der Waals surface area contributed by atoms with E-state index in [1.807, 2.05) is 16.3 Å². The number of nitrogens with zero attached hydrogens (tertiary/aromatic N) is 3. The van der Waals surface area contributed by atoms with Crippen LogP contribution in [0.25, 0.3) is 10.2 Å². The number of carbonyl (C=O) groups is 1. The molecule has 100 valence electrons. The maximum atomic E-state index is 12.0. The third-order valence-corrected chi connectivity index (χ3v) is 4.14. The van der Waals surface area contributed by atoms with Crippen LogP contribution < -0.4 is 5.32 Å². The first-order chi connectivity index (χ1) is 9.24. The van der Waals surface area contributed by atoms with Crippen molar-refractivity contribution in [2.45, 2.75) is 12.8 Å². The fourth-order valence-corrected chi connectivity index (χ4v) is 3.18. The van der Waals surface area contributed by atoms with Crippen molar-refractivity contribution < 1.29 is 4.79 Å². The molecule has 19 heavy (non-hydrogen) atoms. The molecule has 3 heterocycles. The molecule has 0 atom stereocenters. The molecule has 1 N–H and O–H groups in total. The molecule has 0 radical (unpaired) electrons. The van der Waals surface area contributed by atoms with Gasteiger partial charge in [-0.05, 0) is 35.9 Å². The molecule has 0 aromatic carbocycles. The Balaban J connectivity index is 1.74. The van der Waals surface area contributed by atoms with Crippen LogP contribution in [0.1, 0.15) is 12.8 Å². The average Bonchev–Trinajstić information content (AvgIpc) is 3.05. The third-order valence-electron chi connectivity index (χ3n) is 3.16. The van der Waals surface area contributed by atoms with Gasteiger partial charge in [0.2, 0.25) is 11.2 Å². The highest BCUT2D eigenvalue weighted by atomic mass is 35.5. The molecule has 0 saturated carbocycles. The number of anilines is 1. The van der Waals surface area contributed by atoms with E-state index in [1.165, 1.54) is 11.3 Å². The molecule has 0 aliphatic carbocycles. The van der Waals surface area contributed by atoms with E-state index in [9.17, 15) is 4.79 Å². The Labute approximate surface area is 119 Å². The van der Waals surface area contributed by atoms with E-state index >= 15 is 0 Å². The first-order valence-electron chi connectivity index (χ1n) is 6.16. The molecule has 1 aliphatic heterocycles. The molecule has 0 spiro atoms. The molecule has 2 aromatic rings. The third kappa shape index (κ3) is 2.64. The molecule has 0 bridgehead atoms. The van der Waals surface area contributed by atoms with Crippen molar-refractivity contribution in [2.24, 2.45) is 0 Å². The molecular weight excluding hydrogens is 284 g/mol. The zero-order chi connectivity index (χ0) is 13.2. The Kier molecular flexibility index (Phi) is 3.52. The lowest BCUT2D eigenvalue weighted by Crippen LogP contribution is -2.33. The van der Waals surface area contributed by atoms with Crippen LogP contribution in [-0.2, 0) is 4.79 Å². The zero-order valence-electron chi connectivity index (χ0n) is 10.2. The monoisotopic (exact) mass is 296 g/mol. The van der Waals surface area contributed by atoms with E-state index in [2.05, 4.69) is 15.3 Å². The molecule has 1 saturated heterocycles. The minimum Gasteiger partial charge on any atom is -0.360 e. The van der Waals surface area contributed by atoms with E-state index in [0.717, 1.165) is 36.1 Å². The van der Waals surface area contributed by atoms with Crippen molar-refractivity contribution in [1.82, 2.24) is 14.9 Å². The maximum Gasteiger partial charge on any atom is 0.241 e. The summed E-state index contributed by atoms with van der Waals surface area (Å²) in [5, 5.41) is 6.11. The lowest BCUT2D eigenvalue weighted by atomic mass is 10.3. The smallest absolute Gasteiger partial charge is 0.241 e. The molecule has 0 unspecified atom stereocenters. The number of thiophene rings is 1. The summed E-state index contributed by atoms with van der Waals surface area (Å²) < 4.78 is 0. The van der Waals surface area contributed by atoms with Crippen LogP contribution in [0, 0.1) is 0 Å². The van der Waals surface area contributed by atoms with Crippen molar-refractivity contribution in [3.8, 4) is 0 Å². The van der Waals surface area contributed by atoms with Crippen LogP contribution in [0.5, 0.6) is 0 Å². The van der Waals surface area contributed by atoms with Gasteiger partial charge in [0.25, 0.3) is 0 Å². The molecule has 5 nitrogen and oxygen atoms in total. The summed E-state index contributed by atoms with van der Waals surface area (Å²) in [6.45, 7) is 1.97. The van der Waals surface area contributed by atoms with Gasteiger partial charge in [0.05, 0.1) is 11.9 Å². The number of likely N-dealkylation sites (tertiary alicyclic amines) is 1. The SMILES string of the molecule is O=C(CNc1nc(Cl)nc2sccc12)N1CCCC1. The minimum atomic E-state index is 0.107. The highest BCUT2D eigenvalue weighted by Crippen LogP contribution is 2.26. The summed E-state index contributed by atoms with van der Waals surface area (Å²) in [4.78, 5) is 23.0. The topological polar surface area (TPSA) is 58.1 Å². The van der Waals surface area contributed by atoms with Crippen LogP contribution in [0.3, 0.4) is 0 Å². The summed E-state index contributed by atoms with van der Waals surface area (Å²) in [5.74, 6) is 0.736. The van der Waals surface area contributed by atoms with Crippen molar-refractivity contribution in [3.63, 3.8) is 0 Å². The predicted octanol–water partition coefficient (Wildman–Crippen LogP) is 2.38. The van der Waals surface area contributed by atoms with Crippen molar-refractivity contribution in [2.75, 3.05) is 25.0 Å². The van der Waals surface area contributed by atoms with E-state index in [0.29, 0.717) is 5.82 Å². The van der Waals surface area contributed by atoms with Crippen molar-refractivity contribution in [1.29, 1.82) is 0 Å². The lowest BCUT2D eigenvalue weighted by Gasteiger charge is -2.15. The second-order valence-corrected chi connectivity index (χ2v) is 5.65. The number of carbonyl (C=O) groups excluding carboxylic acids is 1. The number of aromatic nitrogens is 2. The molecule has 1 amide bonds. The molecule has 1 aliphatic rings. The van der Waals surface area contributed by atoms with Crippen LogP contribution in [0.2, 0.25) is 5.28 Å². The standard InChI is InChI=1S/C12H13ClN4OS/c13-12-15-10(8-3-6-19-11(8)16-12)14-7-9(18)17-4-1-2-5-17/h3,6H,1-2,4-5,7H2,(H,14,15,16). The van der Waals surface area contributed by atoms with Gasteiger partial charge >= 0.3 is 0 Å². The highest BCUT2D eigenvalue weighted by molar-refractivity contribution is 7.16. The van der Waals surface area contributed by atoms with Gasteiger partial charge in [-0.15, -0.1) is 11.3 Å². The summed E-state index contributed by atoms with van der Waals surface area (Å²) in [6.07, 6.45) is 2.19. The summed E-state index contributed by atoms with van der Waals surface area (Å²) in [5.41, 5.74) is 0. The second kappa shape index (κ2) is 5.30. The molecule has 1 fully saturated rings. The number of amides is 1. The van der Waals surface area contributed by atoms with Gasteiger partial charge in [-0.2, -0.15) is 0 Å². The Bertz CT molecular complexity index is 609. The molecule has 2 aromatic heterocycles. The van der Waals surface area contributed by atoms with E-state index in [-0.39, 0.29) is 17.7 Å². The van der Waals surface area contributed by atoms with E-state index in [4.69, 9.17) is 11.6 Å². The van der Waals surface area contributed by atoms with Gasteiger partial charge in [0.15, 0.2) is 0 Å². The molecular formula is C12H13ClN4OS. The number of rotatable bonds is 3. The quantitative estimate of drug-likeness (QED) is 0.884. The van der Waals surface area contributed by atoms with Crippen molar-refractivity contribution >= 4 is 44.9 Å². The summed E-state index contributed by atoms with van der Waals surface area (Å²) in [6, 6.07) is 1.93. The number of hydrogen-bond acceptors (Lipinski definition) is 5. The van der Waals surface area contributed by atoms with E-state index < -0.39 is 0 Å².